The highest BCUT2D eigenvalue weighted by Crippen LogP contribution is 2.26. The summed E-state index contributed by atoms with van der Waals surface area (Å²) in [5.41, 5.74) is 3.90. The van der Waals surface area contributed by atoms with Gasteiger partial charge in [0.1, 0.15) is 5.75 Å². The van der Waals surface area contributed by atoms with E-state index in [0.717, 1.165) is 28.5 Å². The van der Waals surface area contributed by atoms with Crippen molar-refractivity contribution >= 4 is 22.9 Å². The van der Waals surface area contributed by atoms with Gasteiger partial charge in [-0.15, -0.1) is 0 Å². The highest BCUT2D eigenvalue weighted by Gasteiger charge is 2.08. The summed E-state index contributed by atoms with van der Waals surface area (Å²) < 4.78 is 5.82. The van der Waals surface area contributed by atoms with Crippen LogP contribution in [-0.4, -0.2) is 23.7 Å². The minimum absolute atomic E-state index is 0.282. The van der Waals surface area contributed by atoms with Crippen LogP contribution in [0.2, 0.25) is 0 Å². The topological polar surface area (TPSA) is 63.6 Å². The van der Waals surface area contributed by atoms with E-state index in [1.54, 1.807) is 30.7 Å². The molecule has 0 radical (unpaired) electrons. The van der Waals surface area contributed by atoms with Crippen LogP contribution in [0.5, 0.6) is 5.75 Å². The van der Waals surface area contributed by atoms with Crippen LogP contribution in [0.25, 0.3) is 10.8 Å². The highest BCUT2D eigenvalue weighted by molar-refractivity contribution is 6.03. The lowest BCUT2D eigenvalue weighted by molar-refractivity contribution is 0.0955. The third kappa shape index (κ3) is 4.01. The Morgan fingerprint density at radius 3 is 2.76 bits per heavy atom. The normalized spacial score (nSPS) is 10.9. The van der Waals surface area contributed by atoms with Crippen LogP contribution in [0, 0.1) is 0 Å². The predicted octanol–water partition coefficient (Wildman–Crippen LogP) is 3.79. The Labute approximate surface area is 146 Å². The molecule has 0 fully saturated rings. The van der Waals surface area contributed by atoms with E-state index in [1.165, 1.54) is 0 Å². The van der Waals surface area contributed by atoms with Crippen molar-refractivity contribution in [1.29, 1.82) is 0 Å². The molecule has 1 N–H and O–H groups in total. The number of pyridine rings is 1. The zero-order chi connectivity index (χ0) is 17.5. The van der Waals surface area contributed by atoms with Gasteiger partial charge in [0, 0.05) is 23.5 Å². The van der Waals surface area contributed by atoms with Crippen molar-refractivity contribution < 1.29 is 9.53 Å². The molecule has 0 atom stereocenters. The Hall–Kier alpha value is -3.21. The minimum atomic E-state index is -0.282. The van der Waals surface area contributed by atoms with E-state index in [-0.39, 0.29) is 5.91 Å². The lowest BCUT2D eigenvalue weighted by atomic mass is 10.0. The van der Waals surface area contributed by atoms with Crippen LogP contribution >= 0.6 is 0 Å². The van der Waals surface area contributed by atoms with Gasteiger partial charge in [0.15, 0.2) is 0 Å². The number of ether oxygens (including phenoxy) is 1. The second kappa shape index (κ2) is 8.06. The van der Waals surface area contributed by atoms with Gasteiger partial charge in [0.25, 0.3) is 5.91 Å². The van der Waals surface area contributed by atoms with Gasteiger partial charge in [0.05, 0.1) is 12.8 Å². The van der Waals surface area contributed by atoms with E-state index in [2.05, 4.69) is 22.4 Å². The van der Waals surface area contributed by atoms with E-state index in [9.17, 15) is 4.79 Å². The standard InChI is InChI=1S/C20H19N3O2/c1-2-13-25-19-8-7-15-5-3-4-6-17(15)18(19)14-22-23-20(24)16-9-11-21-12-10-16/h3-12,14H,2,13H2,1H3,(H,23,24)/b22-14+. The van der Waals surface area contributed by atoms with E-state index < -0.39 is 0 Å². The van der Waals surface area contributed by atoms with Gasteiger partial charge in [-0.3, -0.25) is 9.78 Å². The van der Waals surface area contributed by atoms with Crippen molar-refractivity contribution in [2.24, 2.45) is 5.10 Å². The quantitative estimate of drug-likeness (QED) is 0.551. The summed E-state index contributed by atoms with van der Waals surface area (Å²) >= 11 is 0. The molecule has 0 unspecified atom stereocenters. The minimum Gasteiger partial charge on any atom is -0.493 e. The van der Waals surface area contributed by atoms with E-state index in [0.29, 0.717) is 12.2 Å². The van der Waals surface area contributed by atoms with E-state index >= 15 is 0 Å². The predicted molar refractivity (Wildman–Crippen MR) is 99.0 cm³/mol. The smallest absolute Gasteiger partial charge is 0.271 e. The monoisotopic (exact) mass is 333 g/mol. The molecular weight excluding hydrogens is 314 g/mol. The number of aromatic nitrogens is 1. The first-order chi connectivity index (χ1) is 12.3. The Kier molecular flexibility index (Phi) is 5.36. The number of amides is 1. The number of hydrogen-bond donors (Lipinski definition) is 1. The second-order valence-corrected chi connectivity index (χ2v) is 5.48. The zero-order valence-electron chi connectivity index (χ0n) is 14.0. The summed E-state index contributed by atoms with van der Waals surface area (Å²) in [4.78, 5) is 16.0. The van der Waals surface area contributed by atoms with Gasteiger partial charge in [-0.1, -0.05) is 37.3 Å². The van der Waals surface area contributed by atoms with Gasteiger partial charge in [-0.25, -0.2) is 5.43 Å². The molecule has 0 aliphatic rings. The summed E-state index contributed by atoms with van der Waals surface area (Å²) in [7, 11) is 0. The first kappa shape index (κ1) is 16.6. The Morgan fingerprint density at radius 2 is 1.96 bits per heavy atom. The molecule has 5 nitrogen and oxygen atoms in total. The molecule has 3 aromatic rings. The number of rotatable bonds is 6. The summed E-state index contributed by atoms with van der Waals surface area (Å²) in [6, 6.07) is 15.2. The number of hydrazone groups is 1. The molecule has 25 heavy (non-hydrogen) atoms. The highest BCUT2D eigenvalue weighted by atomic mass is 16.5. The fraction of sp³-hybridized carbons (Fsp3) is 0.150. The number of hydrogen-bond acceptors (Lipinski definition) is 4. The summed E-state index contributed by atoms with van der Waals surface area (Å²) in [5.74, 6) is 0.470. The molecule has 0 bridgehead atoms. The SMILES string of the molecule is CCCOc1ccc2ccccc2c1/C=N/NC(=O)c1ccncc1. The first-order valence-electron chi connectivity index (χ1n) is 8.17. The molecule has 1 amide bonds. The Bertz CT molecular complexity index is 892. The van der Waals surface area contributed by atoms with Crippen molar-refractivity contribution in [2.75, 3.05) is 6.61 Å². The molecule has 1 aromatic heterocycles. The number of benzene rings is 2. The van der Waals surface area contributed by atoms with Crippen LogP contribution in [-0.2, 0) is 0 Å². The summed E-state index contributed by atoms with van der Waals surface area (Å²) in [6.45, 7) is 2.69. The number of nitrogens with zero attached hydrogens (tertiary/aromatic N) is 2. The lowest BCUT2D eigenvalue weighted by Crippen LogP contribution is -2.17. The van der Waals surface area contributed by atoms with Crippen molar-refractivity contribution in [1.82, 2.24) is 10.4 Å². The molecule has 126 valence electrons. The third-order valence-electron chi connectivity index (χ3n) is 3.69. The Balaban J connectivity index is 1.87. The maximum Gasteiger partial charge on any atom is 0.271 e. The molecule has 3 rings (SSSR count). The molecule has 0 spiro atoms. The van der Waals surface area contributed by atoms with E-state index in [4.69, 9.17) is 4.74 Å². The van der Waals surface area contributed by atoms with Crippen LogP contribution in [0.1, 0.15) is 29.3 Å². The third-order valence-corrected chi connectivity index (χ3v) is 3.69. The number of carbonyl (C=O) groups is 1. The van der Waals surface area contributed by atoms with Crippen LogP contribution in [0.4, 0.5) is 0 Å². The van der Waals surface area contributed by atoms with Crippen molar-refractivity contribution in [3.63, 3.8) is 0 Å². The van der Waals surface area contributed by atoms with Crippen LogP contribution in [0.3, 0.4) is 0 Å². The molecule has 5 heteroatoms. The number of nitrogens with one attached hydrogen (secondary N) is 1. The largest absolute Gasteiger partial charge is 0.493 e. The van der Waals surface area contributed by atoms with Crippen molar-refractivity contribution in [3.05, 3.63) is 72.1 Å². The maximum atomic E-state index is 12.1. The molecular formula is C20H19N3O2. The number of fused-ring (bicyclic) bond motifs is 1. The summed E-state index contributed by atoms with van der Waals surface area (Å²) in [5, 5.41) is 6.23. The molecule has 0 aliphatic carbocycles. The molecule has 1 heterocycles. The molecule has 0 saturated heterocycles. The van der Waals surface area contributed by atoms with E-state index in [1.807, 2.05) is 36.4 Å². The average Bonchev–Trinajstić information content (AvgIpc) is 2.67. The summed E-state index contributed by atoms with van der Waals surface area (Å²) in [6.07, 6.45) is 5.69. The van der Waals surface area contributed by atoms with Gasteiger partial charge < -0.3 is 4.74 Å². The first-order valence-corrected chi connectivity index (χ1v) is 8.17. The van der Waals surface area contributed by atoms with Crippen molar-refractivity contribution in [3.8, 4) is 5.75 Å². The zero-order valence-corrected chi connectivity index (χ0v) is 14.0. The lowest BCUT2D eigenvalue weighted by Gasteiger charge is -2.11. The molecule has 2 aromatic carbocycles. The van der Waals surface area contributed by atoms with Gasteiger partial charge in [-0.05, 0) is 35.4 Å². The maximum absolute atomic E-state index is 12.1. The fourth-order valence-corrected chi connectivity index (χ4v) is 2.47. The van der Waals surface area contributed by atoms with Crippen LogP contribution in [0.15, 0.2) is 66.0 Å². The fourth-order valence-electron chi connectivity index (χ4n) is 2.47. The molecule has 0 aliphatic heterocycles. The second-order valence-electron chi connectivity index (χ2n) is 5.48. The average molecular weight is 333 g/mol. The Morgan fingerprint density at radius 1 is 1.16 bits per heavy atom. The van der Waals surface area contributed by atoms with Gasteiger partial charge in [-0.2, -0.15) is 5.10 Å². The molecule has 0 saturated carbocycles. The van der Waals surface area contributed by atoms with Crippen LogP contribution < -0.4 is 10.2 Å². The number of carbonyl (C=O) groups excluding carboxylic acids is 1. The van der Waals surface area contributed by atoms with Gasteiger partial charge >= 0.3 is 0 Å². The van der Waals surface area contributed by atoms with Crippen molar-refractivity contribution in [2.45, 2.75) is 13.3 Å². The van der Waals surface area contributed by atoms with Gasteiger partial charge in [0.2, 0.25) is 0 Å².